The topological polar surface area (TPSA) is 12.5 Å². The smallest absolute Gasteiger partial charge is 0.387 e. The summed E-state index contributed by atoms with van der Waals surface area (Å²) in [5, 5.41) is 0. The Morgan fingerprint density at radius 2 is 1.76 bits per heavy atom. The van der Waals surface area contributed by atoms with Gasteiger partial charge in [-0.1, -0.05) is 54.6 Å². The molecule has 2 unspecified atom stereocenters. The second-order valence-electron chi connectivity index (χ2n) is 6.73. The van der Waals surface area contributed by atoms with Gasteiger partial charge in [0.15, 0.2) is 0 Å². The Kier molecular flexibility index (Phi) is 4.53. The summed E-state index contributed by atoms with van der Waals surface area (Å²) >= 11 is 0. The third-order valence-electron chi connectivity index (χ3n) is 5.20. The summed E-state index contributed by atoms with van der Waals surface area (Å²) in [5.74, 6) is 0.277. The fourth-order valence-corrected chi connectivity index (χ4v) is 4.09. The van der Waals surface area contributed by atoms with Crippen molar-refractivity contribution in [2.45, 2.75) is 44.5 Å². The van der Waals surface area contributed by atoms with Crippen LogP contribution in [0, 0.1) is 0 Å². The van der Waals surface area contributed by atoms with Gasteiger partial charge in [0.1, 0.15) is 5.75 Å². The first-order valence-electron chi connectivity index (χ1n) is 8.75. The van der Waals surface area contributed by atoms with Crippen LogP contribution < -0.4 is 4.74 Å². The summed E-state index contributed by atoms with van der Waals surface area (Å²) in [6, 6.07) is 18.4. The Bertz CT molecular complexity index is 760. The van der Waals surface area contributed by atoms with Crippen molar-refractivity contribution in [1.82, 2.24) is 4.90 Å². The Balaban J connectivity index is 1.58. The molecule has 25 heavy (non-hydrogen) atoms. The van der Waals surface area contributed by atoms with Gasteiger partial charge in [0.25, 0.3) is 0 Å². The molecule has 2 aromatic rings. The minimum Gasteiger partial charge on any atom is -0.434 e. The second-order valence-corrected chi connectivity index (χ2v) is 6.73. The molecule has 0 aliphatic carbocycles. The highest BCUT2D eigenvalue weighted by molar-refractivity contribution is 5.72. The summed E-state index contributed by atoms with van der Waals surface area (Å²) < 4.78 is 30.1. The van der Waals surface area contributed by atoms with Gasteiger partial charge in [0, 0.05) is 24.2 Å². The number of alkyl halides is 2. The molecule has 2 heterocycles. The first-order valence-corrected chi connectivity index (χ1v) is 8.75. The molecule has 0 aromatic heterocycles. The third kappa shape index (κ3) is 3.45. The Morgan fingerprint density at radius 1 is 1.00 bits per heavy atom. The Hall–Kier alpha value is -2.20. The van der Waals surface area contributed by atoms with Crippen molar-refractivity contribution >= 4 is 5.57 Å². The fraction of sp³-hybridized carbons (Fsp3) is 0.333. The van der Waals surface area contributed by atoms with Gasteiger partial charge < -0.3 is 4.74 Å². The van der Waals surface area contributed by atoms with Gasteiger partial charge in [0.2, 0.25) is 0 Å². The maximum atomic E-state index is 12.7. The summed E-state index contributed by atoms with van der Waals surface area (Å²) in [4.78, 5) is 2.54. The van der Waals surface area contributed by atoms with Crippen molar-refractivity contribution < 1.29 is 13.5 Å². The van der Waals surface area contributed by atoms with Gasteiger partial charge >= 0.3 is 6.61 Å². The lowest BCUT2D eigenvalue weighted by Crippen LogP contribution is -2.37. The van der Waals surface area contributed by atoms with Crippen molar-refractivity contribution in [2.24, 2.45) is 0 Å². The number of fused-ring (bicyclic) bond motifs is 2. The lowest BCUT2D eigenvalue weighted by atomic mass is 9.93. The molecule has 1 fully saturated rings. The van der Waals surface area contributed by atoms with Crippen molar-refractivity contribution in [3.8, 4) is 5.75 Å². The Morgan fingerprint density at radius 3 is 2.52 bits per heavy atom. The predicted molar refractivity (Wildman–Crippen MR) is 94.5 cm³/mol. The van der Waals surface area contributed by atoms with Crippen LogP contribution >= 0.6 is 0 Å². The van der Waals surface area contributed by atoms with Crippen LogP contribution in [0.25, 0.3) is 5.57 Å². The zero-order valence-corrected chi connectivity index (χ0v) is 13.9. The molecule has 0 N–H and O–H groups in total. The highest BCUT2D eigenvalue weighted by atomic mass is 19.3. The van der Waals surface area contributed by atoms with Crippen molar-refractivity contribution in [3.63, 3.8) is 0 Å². The number of para-hydroxylation sites is 1. The van der Waals surface area contributed by atoms with Crippen LogP contribution in [0.1, 0.15) is 30.4 Å². The monoisotopic (exact) mass is 341 g/mol. The van der Waals surface area contributed by atoms with E-state index in [9.17, 15) is 8.78 Å². The van der Waals surface area contributed by atoms with E-state index in [-0.39, 0.29) is 5.75 Å². The summed E-state index contributed by atoms with van der Waals surface area (Å²) in [6.07, 6.45) is 5.40. The van der Waals surface area contributed by atoms with E-state index in [0.29, 0.717) is 12.1 Å². The number of ether oxygens (including phenoxy) is 1. The normalized spacial score (nSPS) is 22.9. The lowest BCUT2D eigenvalue weighted by molar-refractivity contribution is -0.0500. The quantitative estimate of drug-likeness (QED) is 0.749. The third-order valence-corrected chi connectivity index (χ3v) is 5.20. The summed E-state index contributed by atoms with van der Waals surface area (Å²) in [7, 11) is 0. The zero-order chi connectivity index (χ0) is 17.2. The molecule has 2 nitrogen and oxygen atoms in total. The molecule has 1 saturated heterocycles. The van der Waals surface area contributed by atoms with Gasteiger partial charge in [-0.15, -0.1) is 0 Å². The first-order chi connectivity index (χ1) is 12.2. The molecule has 0 spiro atoms. The molecule has 4 rings (SSSR count). The minimum atomic E-state index is -2.79. The predicted octanol–water partition coefficient (Wildman–Crippen LogP) is 5.11. The second kappa shape index (κ2) is 6.96. The van der Waals surface area contributed by atoms with Crippen LogP contribution in [0.4, 0.5) is 8.78 Å². The first kappa shape index (κ1) is 16.3. The van der Waals surface area contributed by atoms with E-state index in [1.807, 2.05) is 18.2 Å². The number of rotatable bonds is 5. The number of hydrogen-bond acceptors (Lipinski definition) is 2. The van der Waals surface area contributed by atoms with Crippen LogP contribution in [-0.4, -0.2) is 23.6 Å². The van der Waals surface area contributed by atoms with Gasteiger partial charge in [-0.3, -0.25) is 4.90 Å². The van der Waals surface area contributed by atoms with Crippen LogP contribution in [0.5, 0.6) is 5.75 Å². The molecule has 2 atom stereocenters. The van der Waals surface area contributed by atoms with Gasteiger partial charge in [-0.2, -0.15) is 8.78 Å². The minimum absolute atomic E-state index is 0.277. The Labute approximate surface area is 146 Å². The van der Waals surface area contributed by atoms with Crippen LogP contribution in [0.3, 0.4) is 0 Å². The molecule has 130 valence electrons. The number of nitrogens with zero attached hydrogens (tertiary/aromatic N) is 1. The molecular formula is C21H21F2NO. The average Bonchev–Trinajstić information content (AvgIpc) is 2.84. The number of benzene rings is 2. The molecule has 2 aliphatic heterocycles. The van der Waals surface area contributed by atoms with E-state index in [1.165, 1.54) is 5.56 Å². The van der Waals surface area contributed by atoms with E-state index in [0.717, 1.165) is 36.9 Å². The van der Waals surface area contributed by atoms with Crippen molar-refractivity contribution in [1.29, 1.82) is 0 Å². The molecule has 0 saturated carbocycles. The van der Waals surface area contributed by atoms with Crippen molar-refractivity contribution in [2.75, 3.05) is 0 Å². The van der Waals surface area contributed by atoms with E-state index in [4.69, 9.17) is 4.74 Å². The standard InChI is InChI=1S/C21H21F2NO/c22-21(23)25-20-9-5-4-8-19(20)16-12-17-10-11-18(13-16)24(17)14-15-6-2-1-3-7-15/h1-9,12,17-18,21H,10-11,13-14H2. The maximum Gasteiger partial charge on any atom is 0.387 e. The summed E-state index contributed by atoms with van der Waals surface area (Å²) in [5.41, 5.74) is 3.25. The summed E-state index contributed by atoms with van der Waals surface area (Å²) in [6.45, 7) is -1.86. The van der Waals surface area contributed by atoms with Crippen molar-refractivity contribution in [3.05, 3.63) is 71.8 Å². The average molecular weight is 341 g/mol. The van der Waals surface area contributed by atoms with E-state index >= 15 is 0 Å². The van der Waals surface area contributed by atoms with Crippen LogP contribution in [-0.2, 0) is 6.54 Å². The molecular weight excluding hydrogens is 320 g/mol. The van der Waals surface area contributed by atoms with E-state index < -0.39 is 6.61 Å². The molecule has 2 bridgehead atoms. The SMILES string of the molecule is FC(F)Oc1ccccc1C1=CC2CCC(C1)N2Cc1ccccc1. The lowest BCUT2D eigenvalue weighted by Gasteiger charge is -2.34. The van der Waals surface area contributed by atoms with Crippen LogP contribution in [0.2, 0.25) is 0 Å². The number of hydrogen-bond donors (Lipinski definition) is 0. The van der Waals surface area contributed by atoms with E-state index in [2.05, 4.69) is 35.2 Å². The highest BCUT2D eigenvalue weighted by Gasteiger charge is 2.37. The molecule has 2 aliphatic rings. The largest absolute Gasteiger partial charge is 0.434 e. The van der Waals surface area contributed by atoms with Gasteiger partial charge in [-0.25, -0.2) is 0 Å². The fourth-order valence-electron chi connectivity index (χ4n) is 4.09. The van der Waals surface area contributed by atoms with E-state index in [1.54, 1.807) is 12.1 Å². The van der Waals surface area contributed by atoms with Gasteiger partial charge in [0.05, 0.1) is 0 Å². The molecule has 0 amide bonds. The maximum absolute atomic E-state index is 12.7. The van der Waals surface area contributed by atoms with Gasteiger partial charge in [-0.05, 0) is 36.5 Å². The molecule has 0 radical (unpaired) electrons. The zero-order valence-electron chi connectivity index (χ0n) is 13.9. The molecule has 2 aromatic carbocycles. The molecule has 4 heteroatoms. The highest BCUT2D eigenvalue weighted by Crippen LogP contribution is 2.41. The number of halogens is 2. The van der Waals surface area contributed by atoms with Crippen LogP contribution in [0.15, 0.2) is 60.7 Å².